The molecule has 10 aromatic rings. The van der Waals surface area contributed by atoms with Gasteiger partial charge in [-0.2, -0.15) is 10.2 Å². The van der Waals surface area contributed by atoms with E-state index in [0.29, 0.717) is 23.0 Å². The maximum absolute atomic E-state index is 15.8. The van der Waals surface area contributed by atoms with Crippen LogP contribution in [-0.2, 0) is 34.8 Å². The first-order chi connectivity index (χ1) is 38.7. The molecule has 6 aromatic heterocycles. The second-order valence-electron chi connectivity index (χ2n) is 23.7. The summed E-state index contributed by atoms with van der Waals surface area (Å²) in [5.74, 6) is 0.0627. The summed E-state index contributed by atoms with van der Waals surface area (Å²) in [4.78, 5) is 9.91. The van der Waals surface area contributed by atoms with Crippen molar-refractivity contribution in [3.63, 3.8) is 0 Å². The van der Waals surface area contributed by atoms with E-state index in [9.17, 15) is 10.2 Å². The zero-order valence-electron chi connectivity index (χ0n) is 46.5. The summed E-state index contributed by atoms with van der Waals surface area (Å²) in [5.41, 5.74) is 12.1. The summed E-state index contributed by atoms with van der Waals surface area (Å²) < 4.78 is 51.6. The van der Waals surface area contributed by atoms with Crippen molar-refractivity contribution >= 4 is 43.9 Å². The van der Waals surface area contributed by atoms with Crippen LogP contribution in [0.2, 0.25) is 0 Å². The molecule has 8 heterocycles. The van der Waals surface area contributed by atoms with Gasteiger partial charge in [-0.25, -0.2) is 8.78 Å². The van der Waals surface area contributed by atoms with Crippen LogP contribution < -0.4 is 0 Å². The molecule has 4 fully saturated rings. The Kier molecular flexibility index (Phi) is 13.4. The van der Waals surface area contributed by atoms with Crippen LogP contribution in [0.25, 0.3) is 66.4 Å². The van der Waals surface area contributed by atoms with E-state index in [1.54, 1.807) is 26.0 Å². The summed E-state index contributed by atoms with van der Waals surface area (Å²) in [6, 6.07) is 32.5. The number of ether oxygens (including phenoxy) is 2. The van der Waals surface area contributed by atoms with Gasteiger partial charge in [0.25, 0.3) is 0 Å². The summed E-state index contributed by atoms with van der Waals surface area (Å²) in [6.07, 6.45) is 14.9. The van der Waals surface area contributed by atoms with E-state index in [1.165, 1.54) is 11.1 Å². The number of benzene rings is 4. The fourth-order valence-electron chi connectivity index (χ4n) is 13.8. The van der Waals surface area contributed by atoms with Crippen LogP contribution in [0.1, 0.15) is 111 Å². The fourth-order valence-corrected chi connectivity index (χ4v) is 13.8. The molecule has 0 amide bonds. The summed E-state index contributed by atoms with van der Waals surface area (Å²) >= 11 is 0. The van der Waals surface area contributed by atoms with E-state index >= 15 is 8.78 Å². The van der Waals surface area contributed by atoms with E-state index in [4.69, 9.17) is 19.4 Å². The van der Waals surface area contributed by atoms with Crippen LogP contribution >= 0.6 is 0 Å². The lowest BCUT2D eigenvalue weighted by Gasteiger charge is -2.33. The van der Waals surface area contributed by atoms with Crippen LogP contribution in [0.3, 0.4) is 0 Å². The molecule has 2 aliphatic carbocycles. The summed E-state index contributed by atoms with van der Waals surface area (Å²) in [7, 11) is 3.89. The van der Waals surface area contributed by atoms with Crippen LogP contribution in [-0.4, -0.2) is 75.3 Å². The van der Waals surface area contributed by atoms with Gasteiger partial charge in [0.05, 0.1) is 80.2 Å². The Balaban J connectivity index is 0.000000151. The summed E-state index contributed by atoms with van der Waals surface area (Å²) in [6.45, 7) is 10.5. The maximum atomic E-state index is 15.8. The van der Waals surface area contributed by atoms with Crippen LogP contribution in [0.15, 0.2) is 122 Å². The third-order valence-electron chi connectivity index (χ3n) is 18.3. The van der Waals surface area contributed by atoms with E-state index < -0.39 is 11.2 Å². The number of hydrogen-bond donors (Lipinski definition) is 2. The standard InChI is InChI=1S/2C33H35FN4O2/c2*1-20-18-36-37(3)31(20)23-15-29-30(35-19-23)25-16-27(34)26(33(2,39)24-9-10-24)17-28(25)38(29)32(21-7-5-4-6-8-21)22-11-13-40-14-12-22/h2*4-8,15-19,22,24,32,39H,9-14H2,1-3H3/t2*32-,33?/m11/s1. The topological polar surface area (TPSA) is 130 Å². The molecule has 2 aliphatic heterocycles. The molecule has 2 saturated carbocycles. The SMILES string of the molecule is Cc1cnn(C)c1-c1cnc2c3cc(F)c(C(C)(O)C4CC4)cc3n([C@H](c3ccccc3)C3CCOCC3)c2c1.Cc1cnn(C)c1-c1cnc2c3cc(F)c(C(C)(O)C4CC4)cc3n([C@H](c3ccccc3)C3CCOCC3)c2c1. The van der Waals surface area contributed by atoms with E-state index in [0.717, 1.165) is 155 Å². The molecular formula is C66H70F2N8O4. The Morgan fingerprint density at radius 3 is 1.23 bits per heavy atom. The predicted molar refractivity (Wildman–Crippen MR) is 309 cm³/mol. The quantitative estimate of drug-likeness (QED) is 0.124. The molecule has 4 aromatic carbocycles. The molecule has 412 valence electrons. The van der Waals surface area contributed by atoms with E-state index in [2.05, 4.69) is 93.8 Å². The van der Waals surface area contributed by atoms with Gasteiger partial charge in [0, 0.05) is 85.9 Å². The van der Waals surface area contributed by atoms with Crippen molar-refractivity contribution in [1.82, 2.24) is 38.7 Å². The lowest BCUT2D eigenvalue weighted by molar-refractivity contribution is 0.0292. The average Bonchev–Trinajstić information content (AvgIpc) is 4.49. The third-order valence-corrected chi connectivity index (χ3v) is 18.3. The molecule has 2 unspecified atom stereocenters. The maximum Gasteiger partial charge on any atom is 0.130 e. The predicted octanol–water partition coefficient (Wildman–Crippen LogP) is 13.3. The molecule has 14 rings (SSSR count). The number of fused-ring (bicyclic) bond motifs is 6. The first-order valence-corrected chi connectivity index (χ1v) is 28.6. The van der Waals surface area contributed by atoms with Gasteiger partial charge < -0.3 is 28.8 Å². The fraction of sp³-hybridized carbons (Fsp3) is 0.394. The number of halogens is 2. The second kappa shape index (κ2) is 20.5. The number of rotatable bonds is 12. The highest BCUT2D eigenvalue weighted by atomic mass is 19.1. The number of nitrogens with zero attached hydrogens (tertiary/aromatic N) is 8. The van der Waals surface area contributed by atoms with Gasteiger partial charge in [-0.15, -0.1) is 0 Å². The zero-order chi connectivity index (χ0) is 55.2. The molecule has 80 heavy (non-hydrogen) atoms. The Morgan fingerprint density at radius 1 is 0.512 bits per heavy atom. The van der Waals surface area contributed by atoms with Crippen molar-refractivity contribution in [3.05, 3.63) is 167 Å². The van der Waals surface area contributed by atoms with Crippen molar-refractivity contribution in [2.75, 3.05) is 26.4 Å². The van der Waals surface area contributed by atoms with Crippen molar-refractivity contribution in [1.29, 1.82) is 0 Å². The van der Waals surface area contributed by atoms with Gasteiger partial charge in [-0.1, -0.05) is 60.7 Å². The number of aryl methyl sites for hydroxylation is 4. The first kappa shape index (κ1) is 52.3. The minimum Gasteiger partial charge on any atom is -0.385 e. The van der Waals surface area contributed by atoms with Gasteiger partial charge in [0.1, 0.15) is 11.6 Å². The minimum atomic E-state index is -1.22. The highest BCUT2D eigenvalue weighted by Gasteiger charge is 2.45. The van der Waals surface area contributed by atoms with Gasteiger partial charge in [-0.05, 0) is 161 Å². The van der Waals surface area contributed by atoms with Crippen LogP contribution in [0.5, 0.6) is 0 Å². The number of pyridine rings is 2. The Morgan fingerprint density at radius 2 is 0.887 bits per heavy atom. The van der Waals surface area contributed by atoms with Crippen LogP contribution in [0.4, 0.5) is 8.78 Å². The number of hydrogen-bond acceptors (Lipinski definition) is 8. The van der Waals surface area contributed by atoms with Gasteiger partial charge in [-0.3, -0.25) is 19.3 Å². The minimum absolute atomic E-state index is 0.000954. The smallest absolute Gasteiger partial charge is 0.130 e. The van der Waals surface area contributed by atoms with E-state index in [-0.39, 0.29) is 35.6 Å². The lowest BCUT2D eigenvalue weighted by atomic mass is 9.86. The molecule has 2 saturated heterocycles. The molecule has 14 heteroatoms. The van der Waals surface area contributed by atoms with Crippen molar-refractivity contribution in [2.24, 2.45) is 37.8 Å². The molecular weight excluding hydrogens is 1010 g/mol. The first-order valence-electron chi connectivity index (χ1n) is 28.6. The molecule has 0 bridgehead atoms. The molecule has 0 spiro atoms. The highest BCUT2D eigenvalue weighted by molar-refractivity contribution is 6.08. The monoisotopic (exact) mass is 1080 g/mol. The highest BCUT2D eigenvalue weighted by Crippen LogP contribution is 2.51. The van der Waals surface area contributed by atoms with Crippen LogP contribution in [0, 0.1) is 49.2 Å². The summed E-state index contributed by atoms with van der Waals surface area (Å²) in [5, 5.41) is 33.4. The average molecular weight is 1080 g/mol. The normalized spacial score (nSPS) is 18.8. The van der Waals surface area contributed by atoms with Crippen molar-refractivity contribution < 1.29 is 28.5 Å². The molecule has 2 N–H and O–H groups in total. The number of aliphatic hydroxyl groups is 2. The molecule has 0 radical (unpaired) electrons. The van der Waals surface area contributed by atoms with Crippen molar-refractivity contribution in [2.45, 2.75) is 102 Å². The van der Waals surface area contributed by atoms with E-state index in [1.807, 2.05) is 72.5 Å². The van der Waals surface area contributed by atoms with Gasteiger partial charge in [0.2, 0.25) is 0 Å². The Hall–Kier alpha value is -7.10. The second-order valence-corrected chi connectivity index (χ2v) is 23.7. The van der Waals surface area contributed by atoms with Gasteiger partial charge in [0.15, 0.2) is 0 Å². The lowest BCUT2D eigenvalue weighted by Crippen LogP contribution is -2.27. The van der Waals surface area contributed by atoms with Gasteiger partial charge >= 0.3 is 0 Å². The van der Waals surface area contributed by atoms with Crippen molar-refractivity contribution in [3.8, 4) is 22.5 Å². The molecule has 12 nitrogen and oxygen atoms in total. The zero-order valence-corrected chi connectivity index (χ0v) is 46.5. The molecule has 4 atom stereocenters. The molecule has 4 aliphatic rings. The Bertz CT molecular complexity index is 3640. The number of aromatic nitrogens is 8. The largest absolute Gasteiger partial charge is 0.385 e. The third kappa shape index (κ3) is 9.12. The Labute approximate surface area is 465 Å².